The fraction of sp³-hybridized carbons (Fsp3) is 0.0222. The minimum atomic E-state index is 1.18. The number of aryl methyl sites for hydroxylation is 1. The highest BCUT2D eigenvalue weighted by atomic mass is 32.1. The average molecular weight is 631 g/mol. The maximum Gasteiger partial charge on any atom is 0.0541 e. The van der Waals surface area contributed by atoms with Crippen LogP contribution in [0.5, 0.6) is 0 Å². The largest absolute Gasteiger partial charge is 0.309 e. The summed E-state index contributed by atoms with van der Waals surface area (Å²) in [6.07, 6.45) is 0. The van der Waals surface area contributed by atoms with E-state index >= 15 is 0 Å². The van der Waals surface area contributed by atoms with Crippen molar-refractivity contribution < 1.29 is 0 Å². The molecule has 0 saturated carbocycles. The summed E-state index contributed by atoms with van der Waals surface area (Å²) < 4.78 is 6.13. The molecule has 0 aliphatic rings. The second-order valence-corrected chi connectivity index (χ2v) is 13.6. The van der Waals surface area contributed by atoms with E-state index in [-0.39, 0.29) is 0 Å². The Kier molecular flexibility index (Phi) is 5.99. The van der Waals surface area contributed by atoms with Gasteiger partial charge in [-0.15, -0.1) is 11.3 Å². The topological polar surface area (TPSA) is 9.86 Å². The Morgan fingerprint density at radius 2 is 0.938 bits per heavy atom. The maximum atomic E-state index is 2.42. The lowest BCUT2D eigenvalue weighted by Gasteiger charge is -2.12. The number of fused-ring (bicyclic) bond motifs is 7. The summed E-state index contributed by atoms with van der Waals surface area (Å²) in [5, 5.41) is 8.69. The summed E-state index contributed by atoms with van der Waals surface area (Å²) in [6, 6.07) is 57.7. The van der Waals surface area contributed by atoms with E-state index in [1.165, 1.54) is 92.9 Å². The minimum absolute atomic E-state index is 1.18. The first-order valence-electron chi connectivity index (χ1n) is 16.4. The molecule has 0 aliphatic heterocycles. The predicted molar refractivity (Wildman–Crippen MR) is 206 cm³/mol. The van der Waals surface area contributed by atoms with Gasteiger partial charge in [-0.25, -0.2) is 0 Å². The molecular weight excluding hydrogens is 601 g/mol. The molecule has 0 radical (unpaired) electrons. The van der Waals surface area contributed by atoms with E-state index in [0.717, 1.165) is 0 Å². The molecule has 0 unspecified atom stereocenters. The van der Waals surface area contributed by atoms with Crippen molar-refractivity contribution in [1.29, 1.82) is 0 Å². The van der Waals surface area contributed by atoms with Gasteiger partial charge in [0, 0.05) is 48.6 Å². The number of para-hydroxylation sites is 3. The zero-order valence-electron chi connectivity index (χ0n) is 26.4. The predicted octanol–water partition coefficient (Wildman–Crippen LogP) is 12.7. The highest BCUT2D eigenvalue weighted by Gasteiger charge is 2.17. The van der Waals surface area contributed by atoms with Gasteiger partial charge in [-0.3, -0.25) is 0 Å². The monoisotopic (exact) mass is 630 g/mol. The van der Waals surface area contributed by atoms with Crippen LogP contribution < -0.4 is 0 Å². The van der Waals surface area contributed by atoms with Crippen molar-refractivity contribution in [1.82, 2.24) is 9.13 Å². The molecule has 2 nitrogen and oxygen atoms in total. The Bertz CT molecular complexity index is 2850. The summed E-state index contributed by atoms with van der Waals surface area (Å²) in [4.78, 5) is 0. The van der Waals surface area contributed by atoms with Crippen LogP contribution in [-0.2, 0) is 0 Å². The molecule has 0 N–H and O–H groups in total. The van der Waals surface area contributed by atoms with Crippen LogP contribution in [0.2, 0.25) is 0 Å². The molecule has 226 valence electrons. The van der Waals surface area contributed by atoms with Gasteiger partial charge >= 0.3 is 0 Å². The van der Waals surface area contributed by atoms with Gasteiger partial charge in [0.15, 0.2) is 0 Å². The highest BCUT2D eigenvalue weighted by Crippen LogP contribution is 2.40. The van der Waals surface area contributed by atoms with Crippen LogP contribution in [0, 0.1) is 6.92 Å². The molecule has 0 aliphatic carbocycles. The SMILES string of the molecule is Cc1cc(-n2c3ccccc3c3cc(-c4ccc5c(c4)c4ccccc4n5-c4ccccc4)ccc32)ccc1-c1csc2ccccc12. The molecule has 10 rings (SSSR count). The third-order valence-corrected chi connectivity index (χ3v) is 10.9. The van der Waals surface area contributed by atoms with Gasteiger partial charge in [0.1, 0.15) is 0 Å². The third-order valence-electron chi connectivity index (χ3n) is 9.93. The zero-order chi connectivity index (χ0) is 31.8. The van der Waals surface area contributed by atoms with Gasteiger partial charge in [-0.2, -0.15) is 0 Å². The number of nitrogens with zero attached hydrogens (tertiary/aromatic N) is 2. The lowest BCUT2D eigenvalue weighted by Crippen LogP contribution is -1.95. The second kappa shape index (κ2) is 10.6. The van der Waals surface area contributed by atoms with E-state index < -0.39 is 0 Å². The van der Waals surface area contributed by atoms with Gasteiger partial charge in [0.2, 0.25) is 0 Å². The molecular formula is C45H30N2S. The van der Waals surface area contributed by atoms with Crippen molar-refractivity contribution in [2.45, 2.75) is 6.92 Å². The van der Waals surface area contributed by atoms with Gasteiger partial charge in [-0.1, -0.05) is 91.0 Å². The standard InChI is InChI=1S/C45H30N2S/c1-29-25-33(21-22-34(29)40-28-48-45-18-10-7-15-37(40)45)47-42-17-9-6-14-36(42)39-27-31(20-24-44(39)47)30-19-23-43-38(26-30)35-13-5-8-16-41(35)46(43)32-11-3-2-4-12-32/h2-28H,1H3. The summed E-state index contributed by atoms with van der Waals surface area (Å²) in [6.45, 7) is 2.24. The minimum Gasteiger partial charge on any atom is -0.309 e. The molecule has 0 atom stereocenters. The molecule has 0 bridgehead atoms. The van der Waals surface area contributed by atoms with Crippen LogP contribution in [-0.4, -0.2) is 9.13 Å². The number of aromatic nitrogens is 2. The van der Waals surface area contributed by atoms with Gasteiger partial charge in [-0.05, 0) is 101 Å². The molecule has 3 aromatic heterocycles. The first-order valence-corrected chi connectivity index (χ1v) is 17.3. The number of rotatable bonds is 4. The number of thiophene rings is 1. The first-order chi connectivity index (χ1) is 23.7. The fourth-order valence-corrected chi connectivity index (χ4v) is 8.67. The van der Waals surface area contributed by atoms with Crippen LogP contribution in [0.3, 0.4) is 0 Å². The summed E-state index contributed by atoms with van der Waals surface area (Å²) in [7, 11) is 0. The van der Waals surface area contributed by atoms with Crippen LogP contribution in [0.15, 0.2) is 163 Å². The molecule has 10 aromatic rings. The van der Waals surface area contributed by atoms with Crippen LogP contribution in [0.25, 0.3) is 87.3 Å². The van der Waals surface area contributed by atoms with Crippen LogP contribution >= 0.6 is 11.3 Å². The molecule has 3 heteroatoms. The third kappa shape index (κ3) is 4.05. The molecule has 0 fully saturated rings. The van der Waals surface area contributed by atoms with Gasteiger partial charge in [0.05, 0.1) is 22.1 Å². The Labute approximate surface area is 282 Å². The van der Waals surface area contributed by atoms with Crippen molar-refractivity contribution in [2.24, 2.45) is 0 Å². The van der Waals surface area contributed by atoms with Crippen LogP contribution in [0.4, 0.5) is 0 Å². The smallest absolute Gasteiger partial charge is 0.0541 e. The van der Waals surface area contributed by atoms with E-state index in [9.17, 15) is 0 Å². The Morgan fingerprint density at radius 3 is 1.58 bits per heavy atom. The van der Waals surface area contributed by atoms with Gasteiger partial charge in [0.25, 0.3) is 0 Å². The molecule has 3 heterocycles. The van der Waals surface area contributed by atoms with Crippen LogP contribution in [0.1, 0.15) is 5.56 Å². The van der Waals surface area contributed by atoms with Gasteiger partial charge < -0.3 is 9.13 Å². The first kappa shape index (κ1) is 27.2. The molecule has 0 amide bonds. The van der Waals surface area contributed by atoms with Crippen molar-refractivity contribution in [2.75, 3.05) is 0 Å². The summed E-state index contributed by atoms with van der Waals surface area (Å²) >= 11 is 1.82. The number of benzene rings is 7. The lowest BCUT2D eigenvalue weighted by atomic mass is 9.99. The Morgan fingerprint density at radius 1 is 0.396 bits per heavy atom. The van der Waals surface area contributed by atoms with Crippen molar-refractivity contribution in [3.8, 4) is 33.6 Å². The second-order valence-electron chi connectivity index (χ2n) is 12.6. The number of hydrogen-bond acceptors (Lipinski definition) is 1. The normalized spacial score (nSPS) is 11.9. The van der Waals surface area contributed by atoms with E-state index in [0.29, 0.717) is 0 Å². The lowest BCUT2D eigenvalue weighted by molar-refractivity contribution is 1.17. The van der Waals surface area contributed by atoms with E-state index in [1.807, 2.05) is 11.3 Å². The summed E-state index contributed by atoms with van der Waals surface area (Å²) in [5.74, 6) is 0. The van der Waals surface area contributed by atoms with Crippen molar-refractivity contribution in [3.63, 3.8) is 0 Å². The maximum absolute atomic E-state index is 2.42. The average Bonchev–Trinajstić information content (AvgIpc) is 3.82. The highest BCUT2D eigenvalue weighted by molar-refractivity contribution is 7.17. The van der Waals surface area contributed by atoms with Crippen molar-refractivity contribution >= 4 is 65.0 Å². The van der Waals surface area contributed by atoms with E-state index in [1.54, 1.807) is 0 Å². The van der Waals surface area contributed by atoms with Crippen molar-refractivity contribution in [3.05, 3.63) is 169 Å². The molecule has 7 aromatic carbocycles. The van der Waals surface area contributed by atoms with E-state index in [2.05, 4.69) is 179 Å². The fourth-order valence-electron chi connectivity index (χ4n) is 7.71. The molecule has 48 heavy (non-hydrogen) atoms. The zero-order valence-corrected chi connectivity index (χ0v) is 27.2. The Hall–Kier alpha value is -5.90. The quantitative estimate of drug-likeness (QED) is 0.183. The Balaban J connectivity index is 1.12. The summed E-state index contributed by atoms with van der Waals surface area (Å²) in [5.41, 5.74) is 13.6. The number of hydrogen-bond donors (Lipinski definition) is 0. The molecule has 0 spiro atoms. The van der Waals surface area contributed by atoms with E-state index in [4.69, 9.17) is 0 Å². The molecule has 0 saturated heterocycles.